The average Bonchev–Trinajstić information content (AvgIpc) is 3.20. The van der Waals surface area contributed by atoms with Crippen LogP contribution in [0, 0.1) is 0 Å². The molecule has 3 heterocycles. The van der Waals surface area contributed by atoms with Gasteiger partial charge in [0.15, 0.2) is 0 Å². The number of pyridine rings is 1. The van der Waals surface area contributed by atoms with E-state index in [2.05, 4.69) is 15.4 Å². The van der Waals surface area contributed by atoms with Gasteiger partial charge in [-0.1, -0.05) is 12.1 Å². The fourth-order valence-corrected chi connectivity index (χ4v) is 3.26. The highest BCUT2D eigenvalue weighted by Crippen LogP contribution is 2.23. The molecule has 1 atom stereocenters. The van der Waals surface area contributed by atoms with E-state index in [1.807, 2.05) is 18.2 Å². The van der Waals surface area contributed by atoms with Crippen LogP contribution in [-0.4, -0.2) is 43.1 Å². The van der Waals surface area contributed by atoms with E-state index in [1.54, 1.807) is 40.2 Å². The molecule has 0 radical (unpaired) electrons. The van der Waals surface area contributed by atoms with Gasteiger partial charge in [-0.2, -0.15) is 5.10 Å². The predicted octanol–water partition coefficient (Wildman–Crippen LogP) is 1.50. The molecule has 1 aromatic carbocycles. The summed E-state index contributed by atoms with van der Waals surface area (Å²) in [5.74, 6) is -0.451. The van der Waals surface area contributed by atoms with Crippen molar-refractivity contribution in [1.82, 2.24) is 25.0 Å². The second-order valence-corrected chi connectivity index (χ2v) is 6.56. The number of hydrogen-bond acceptors (Lipinski definition) is 5. The minimum absolute atomic E-state index is 0.0255. The van der Waals surface area contributed by atoms with Gasteiger partial charge in [0, 0.05) is 18.0 Å². The van der Waals surface area contributed by atoms with E-state index in [-0.39, 0.29) is 24.1 Å². The summed E-state index contributed by atoms with van der Waals surface area (Å²) in [5, 5.41) is 16.8. The third-order valence-electron chi connectivity index (χ3n) is 4.65. The van der Waals surface area contributed by atoms with Gasteiger partial charge in [0.25, 0.3) is 5.91 Å². The van der Waals surface area contributed by atoms with E-state index in [9.17, 15) is 14.7 Å². The van der Waals surface area contributed by atoms with Gasteiger partial charge in [0.1, 0.15) is 11.8 Å². The van der Waals surface area contributed by atoms with E-state index in [4.69, 9.17) is 0 Å². The highest BCUT2D eigenvalue weighted by Gasteiger charge is 2.33. The topological polar surface area (TPSA) is 100 Å². The van der Waals surface area contributed by atoms with Crippen molar-refractivity contribution in [3.8, 4) is 5.75 Å². The van der Waals surface area contributed by atoms with E-state index in [0.717, 1.165) is 11.4 Å². The van der Waals surface area contributed by atoms with Crippen molar-refractivity contribution in [1.29, 1.82) is 0 Å². The Hall–Kier alpha value is -3.68. The summed E-state index contributed by atoms with van der Waals surface area (Å²) in [6.45, 7) is 0.836. The van der Waals surface area contributed by atoms with Crippen LogP contribution in [0.1, 0.15) is 27.8 Å². The van der Waals surface area contributed by atoms with Gasteiger partial charge < -0.3 is 15.3 Å². The van der Waals surface area contributed by atoms with Gasteiger partial charge >= 0.3 is 0 Å². The van der Waals surface area contributed by atoms with Crippen molar-refractivity contribution in [3.63, 3.8) is 0 Å². The van der Waals surface area contributed by atoms with Crippen molar-refractivity contribution in [3.05, 3.63) is 77.9 Å². The Morgan fingerprint density at radius 2 is 2.04 bits per heavy atom. The Balaban J connectivity index is 1.52. The number of nitrogens with zero attached hydrogens (tertiary/aromatic N) is 4. The van der Waals surface area contributed by atoms with Crippen LogP contribution in [0.15, 0.2) is 60.9 Å². The van der Waals surface area contributed by atoms with Gasteiger partial charge in [-0.3, -0.25) is 19.3 Å². The van der Waals surface area contributed by atoms with E-state index >= 15 is 0 Å². The molecule has 0 saturated heterocycles. The molecule has 0 spiro atoms. The molecule has 0 fully saturated rings. The predicted molar refractivity (Wildman–Crippen MR) is 100 cm³/mol. The molecule has 2 N–H and O–H groups in total. The smallest absolute Gasteiger partial charge is 0.254 e. The number of aromatic nitrogens is 3. The zero-order chi connectivity index (χ0) is 19.5. The standard InChI is InChI=1S/C20H19N5O3/c26-17-6-3-4-14(10-17)20(28)24-12-16-7-9-23-25(16)18(13-24)19(27)22-11-15-5-1-2-8-21-15/h1-10,18,26H,11-13H2,(H,22,27)/t18-/m1/s1. The number of benzene rings is 1. The first kappa shape index (κ1) is 17.7. The van der Waals surface area contributed by atoms with Gasteiger partial charge in [0.05, 0.1) is 31.0 Å². The Morgan fingerprint density at radius 1 is 1.14 bits per heavy atom. The summed E-state index contributed by atoms with van der Waals surface area (Å²) >= 11 is 0. The molecule has 1 aliphatic rings. The maximum Gasteiger partial charge on any atom is 0.254 e. The average molecular weight is 377 g/mol. The van der Waals surface area contributed by atoms with Crippen molar-refractivity contribution in [2.75, 3.05) is 6.54 Å². The van der Waals surface area contributed by atoms with Crippen LogP contribution in [0.25, 0.3) is 0 Å². The van der Waals surface area contributed by atoms with Gasteiger partial charge in [-0.25, -0.2) is 0 Å². The molecule has 8 heteroatoms. The number of amides is 2. The maximum absolute atomic E-state index is 12.9. The summed E-state index contributed by atoms with van der Waals surface area (Å²) < 4.78 is 1.65. The molecular weight excluding hydrogens is 358 g/mol. The minimum atomic E-state index is -0.635. The highest BCUT2D eigenvalue weighted by atomic mass is 16.3. The summed E-state index contributed by atoms with van der Waals surface area (Å²) in [6.07, 6.45) is 3.29. The van der Waals surface area contributed by atoms with Crippen LogP contribution in [0.3, 0.4) is 0 Å². The zero-order valence-electron chi connectivity index (χ0n) is 15.0. The van der Waals surface area contributed by atoms with E-state index < -0.39 is 6.04 Å². The number of carbonyl (C=O) groups excluding carboxylic acids is 2. The fourth-order valence-electron chi connectivity index (χ4n) is 3.26. The van der Waals surface area contributed by atoms with E-state index in [1.165, 1.54) is 12.1 Å². The Labute approximate surface area is 161 Å². The SMILES string of the molecule is O=C(NCc1ccccn1)[C@H]1CN(C(=O)c2cccc(O)c2)Cc2ccnn21. The molecule has 2 aromatic heterocycles. The number of hydrogen-bond donors (Lipinski definition) is 2. The maximum atomic E-state index is 12.9. The first-order valence-corrected chi connectivity index (χ1v) is 8.90. The molecule has 4 rings (SSSR count). The zero-order valence-corrected chi connectivity index (χ0v) is 15.0. The van der Waals surface area contributed by atoms with Gasteiger partial charge in [0.2, 0.25) is 5.91 Å². The Morgan fingerprint density at radius 3 is 2.82 bits per heavy atom. The largest absolute Gasteiger partial charge is 0.508 e. The number of phenols is 1. The molecule has 28 heavy (non-hydrogen) atoms. The van der Waals surface area contributed by atoms with Crippen molar-refractivity contribution in [2.45, 2.75) is 19.1 Å². The van der Waals surface area contributed by atoms with Crippen LogP contribution >= 0.6 is 0 Å². The van der Waals surface area contributed by atoms with Crippen LogP contribution in [-0.2, 0) is 17.9 Å². The first-order chi connectivity index (χ1) is 13.6. The van der Waals surface area contributed by atoms with Gasteiger partial charge in [-0.15, -0.1) is 0 Å². The number of rotatable bonds is 4. The lowest BCUT2D eigenvalue weighted by Crippen LogP contribution is -2.47. The molecule has 8 nitrogen and oxygen atoms in total. The van der Waals surface area contributed by atoms with Crippen LogP contribution in [0.4, 0.5) is 0 Å². The second-order valence-electron chi connectivity index (χ2n) is 6.56. The molecule has 2 amide bonds. The fraction of sp³-hybridized carbons (Fsp3) is 0.200. The third-order valence-corrected chi connectivity index (χ3v) is 4.65. The number of carbonyl (C=O) groups is 2. The van der Waals surface area contributed by atoms with Crippen molar-refractivity contribution < 1.29 is 14.7 Å². The van der Waals surface area contributed by atoms with Crippen LogP contribution in [0.2, 0.25) is 0 Å². The first-order valence-electron chi connectivity index (χ1n) is 8.90. The highest BCUT2D eigenvalue weighted by molar-refractivity contribution is 5.95. The van der Waals surface area contributed by atoms with Crippen molar-refractivity contribution in [2.24, 2.45) is 0 Å². The molecule has 0 saturated carbocycles. The van der Waals surface area contributed by atoms with Crippen molar-refractivity contribution >= 4 is 11.8 Å². The van der Waals surface area contributed by atoms with Crippen LogP contribution < -0.4 is 5.32 Å². The summed E-state index contributed by atoms with van der Waals surface area (Å²) in [5.41, 5.74) is 1.90. The number of nitrogens with one attached hydrogen (secondary N) is 1. The lowest BCUT2D eigenvalue weighted by Gasteiger charge is -2.33. The summed E-state index contributed by atoms with van der Waals surface area (Å²) in [6, 6.07) is 12.9. The number of aromatic hydroxyl groups is 1. The second kappa shape index (κ2) is 7.51. The van der Waals surface area contributed by atoms with E-state index in [0.29, 0.717) is 18.7 Å². The third kappa shape index (κ3) is 3.57. The quantitative estimate of drug-likeness (QED) is 0.718. The lowest BCUT2D eigenvalue weighted by molar-refractivity contribution is -0.125. The van der Waals surface area contributed by atoms with Crippen LogP contribution in [0.5, 0.6) is 5.75 Å². The monoisotopic (exact) mass is 377 g/mol. The molecular formula is C20H19N5O3. The summed E-state index contributed by atoms with van der Waals surface area (Å²) in [7, 11) is 0. The normalized spacial score (nSPS) is 15.7. The molecule has 3 aromatic rings. The molecule has 142 valence electrons. The number of fused-ring (bicyclic) bond motifs is 1. The molecule has 1 aliphatic heterocycles. The Kier molecular flexibility index (Phi) is 4.76. The number of phenolic OH excluding ortho intramolecular Hbond substituents is 1. The lowest BCUT2D eigenvalue weighted by atomic mass is 10.1. The molecule has 0 bridgehead atoms. The minimum Gasteiger partial charge on any atom is -0.508 e. The molecule has 0 aliphatic carbocycles. The summed E-state index contributed by atoms with van der Waals surface area (Å²) in [4.78, 5) is 31.5. The Bertz CT molecular complexity index is 1000. The molecule has 0 unspecified atom stereocenters. The van der Waals surface area contributed by atoms with Gasteiger partial charge in [-0.05, 0) is 36.4 Å².